The van der Waals surface area contributed by atoms with Gasteiger partial charge in [0.05, 0.1) is 5.69 Å². The first-order valence-electron chi connectivity index (χ1n) is 7.85. The normalized spacial score (nSPS) is 11.7. The van der Waals surface area contributed by atoms with Crippen LogP contribution in [0.2, 0.25) is 0 Å². The Balaban J connectivity index is 2.00. The highest BCUT2D eigenvalue weighted by Gasteiger charge is 2.25. The highest BCUT2D eigenvalue weighted by molar-refractivity contribution is 5.96. The van der Waals surface area contributed by atoms with Crippen LogP contribution in [-0.2, 0) is 4.79 Å². The summed E-state index contributed by atoms with van der Waals surface area (Å²) >= 11 is 0. The van der Waals surface area contributed by atoms with Crippen LogP contribution in [-0.4, -0.2) is 32.8 Å². The number of anilines is 1. The molecule has 0 aliphatic heterocycles. The predicted molar refractivity (Wildman–Crippen MR) is 93.8 cm³/mol. The van der Waals surface area contributed by atoms with E-state index >= 15 is 0 Å². The molecule has 0 unspecified atom stereocenters. The van der Waals surface area contributed by atoms with Crippen molar-refractivity contribution < 1.29 is 4.79 Å². The van der Waals surface area contributed by atoms with Gasteiger partial charge < -0.3 is 4.90 Å². The molecule has 2 heterocycles. The molecule has 0 saturated heterocycles. The average Bonchev–Trinajstić information content (AvgIpc) is 2.93. The van der Waals surface area contributed by atoms with E-state index in [1.807, 2.05) is 64.1 Å². The van der Waals surface area contributed by atoms with Crippen LogP contribution in [0.4, 0.5) is 5.69 Å². The van der Waals surface area contributed by atoms with Crippen LogP contribution >= 0.6 is 0 Å². The molecule has 0 saturated carbocycles. The molecule has 0 aliphatic rings. The number of amides is 1. The molecular formula is C18H21N5O. The van der Waals surface area contributed by atoms with Crippen LogP contribution in [0.5, 0.6) is 0 Å². The number of hydrogen-bond donors (Lipinski definition) is 0. The molecule has 0 N–H and O–H groups in total. The largest absolute Gasteiger partial charge is 0.315 e. The lowest BCUT2D eigenvalue weighted by Crippen LogP contribution is -2.36. The summed E-state index contributed by atoms with van der Waals surface area (Å²) in [6.07, 6.45) is 0. The van der Waals surface area contributed by atoms with Crippen molar-refractivity contribution in [3.8, 4) is 11.3 Å². The maximum atomic E-state index is 12.5. The molecule has 0 atom stereocenters. The summed E-state index contributed by atoms with van der Waals surface area (Å²) < 4.78 is 1.71. The first-order chi connectivity index (χ1) is 11.3. The second kappa shape index (κ2) is 5.70. The maximum absolute atomic E-state index is 12.5. The Labute approximate surface area is 141 Å². The van der Waals surface area contributed by atoms with Crippen molar-refractivity contribution >= 4 is 17.2 Å². The Bertz CT molecular complexity index is 907. The number of carbonyl (C=O) groups is 1. The van der Waals surface area contributed by atoms with Gasteiger partial charge in [0.25, 0.3) is 0 Å². The minimum Gasteiger partial charge on any atom is -0.315 e. The summed E-state index contributed by atoms with van der Waals surface area (Å²) in [5, 5.41) is 12.7. The van der Waals surface area contributed by atoms with E-state index in [0.717, 1.165) is 22.8 Å². The maximum Gasteiger partial charge on any atom is 0.232 e. The molecule has 6 nitrogen and oxygen atoms in total. The molecule has 6 heteroatoms. The molecule has 3 rings (SSSR count). The van der Waals surface area contributed by atoms with Crippen LogP contribution < -0.4 is 4.90 Å². The number of aryl methyl sites for hydroxylation is 1. The van der Waals surface area contributed by atoms with Crippen LogP contribution in [0.15, 0.2) is 36.4 Å². The molecule has 0 bridgehead atoms. The lowest BCUT2D eigenvalue weighted by Gasteiger charge is -2.26. The minimum absolute atomic E-state index is 0.0673. The Morgan fingerprint density at radius 1 is 1.12 bits per heavy atom. The smallest absolute Gasteiger partial charge is 0.232 e. The molecule has 0 aliphatic carbocycles. The first kappa shape index (κ1) is 16.1. The minimum atomic E-state index is -0.429. The Kier molecular flexibility index (Phi) is 3.83. The van der Waals surface area contributed by atoms with Crippen molar-refractivity contribution in [3.05, 3.63) is 42.2 Å². The fourth-order valence-electron chi connectivity index (χ4n) is 2.54. The lowest BCUT2D eigenvalue weighted by atomic mass is 9.94. The summed E-state index contributed by atoms with van der Waals surface area (Å²) in [6, 6.07) is 11.6. The zero-order chi connectivity index (χ0) is 17.5. The Morgan fingerprint density at radius 3 is 2.58 bits per heavy atom. The van der Waals surface area contributed by atoms with Gasteiger partial charge in [-0.25, -0.2) is 0 Å². The molecule has 3 aromatic rings. The van der Waals surface area contributed by atoms with E-state index < -0.39 is 5.41 Å². The van der Waals surface area contributed by atoms with Gasteiger partial charge >= 0.3 is 0 Å². The molecule has 0 spiro atoms. The number of benzene rings is 1. The molecule has 124 valence electrons. The predicted octanol–water partition coefficient (Wildman–Crippen LogP) is 3.11. The van der Waals surface area contributed by atoms with Crippen molar-refractivity contribution in [1.29, 1.82) is 0 Å². The van der Waals surface area contributed by atoms with Crippen molar-refractivity contribution in [1.82, 2.24) is 19.8 Å². The molecule has 0 radical (unpaired) electrons. The van der Waals surface area contributed by atoms with Crippen molar-refractivity contribution in [2.75, 3.05) is 11.9 Å². The van der Waals surface area contributed by atoms with E-state index in [1.54, 1.807) is 16.5 Å². The highest BCUT2D eigenvalue weighted by atomic mass is 16.2. The average molecular weight is 323 g/mol. The van der Waals surface area contributed by atoms with Gasteiger partial charge in [0, 0.05) is 23.7 Å². The fraction of sp³-hybridized carbons (Fsp3) is 0.333. The number of hydrogen-bond acceptors (Lipinski definition) is 4. The number of nitrogens with zero attached hydrogens (tertiary/aromatic N) is 5. The highest BCUT2D eigenvalue weighted by Crippen LogP contribution is 2.26. The van der Waals surface area contributed by atoms with E-state index in [2.05, 4.69) is 15.3 Å². The van der Waals surface area contributed by atoms with E-state index in [-0.39, 0.29) is 5.91 Å². The monoisotopic (exact) mass is 323 g/mol. The van der Waals surface area contributed by atoms with Crippen LogP contribution in [0.3, 0.4) is 0 Å². The van der Waals surface area contributed by atoms with Gasteiger partial charge in [-0.2, -0.15) is 9.61 Å². The third-order valence-electron chi connectivity index (χ3n) is 3.89. The summed E-state index contributed by atoms with van der Waals surface area (Å²) in [5.74, 6) is 0.806. The summed E-state index contributed by atoms with van der Waals surface area (Å²) in [7, 11) is 1.80. The van der Waals surface area contributed by atoms with Gasteiger partial charge in [-0.3, -0.25) is 4.79 Å². The quantitative estimate of drug-likeness (QED) is 0.727. The van der Waals surface area contributed by atoms with Gasteiger partial charge in [0.15, 0.2) is 11.5 Å². The van der Waals surface area contributed by atoms with Gasteiger partial charge in [-0.1, -0.05) is 32.9 Å². The summed E-state index contributed by atoms with van der Waals surface area (Å²) in [6.45, 7) is 7.61. The standard InChI is InChI=1S/C18H21N5O/c1-12-19-20-16-10-9-15(21-23(12)16)13-7-6-8-14(11-13)22(5)17(24)18(2,3)4/h6-11H,1-5H3. The molecule has 1 aromatic carbocycles. The van der Waals surface area contributed by atoms with E-state index in [4.69, 9.17) is 0 Å². The SMILES string of the molecule is Cc1nnc2ccc(-c3cccc(N(C)C(=O)C(C)(C)C)c3)nn12. The second-order valence-corrected chi connectivity index (χ2v) is 6.90. The van der Waals surface area contributed by atoms with Crippen LogP contribution in [0.25, 0.3) is 16.9 Å². The number of fused-ring (bicyclic) bond motifs is 1. The summed E-state index contributed by atoms with van der Waals surface area (Å²) in [4.78, 5) is 14.2. The van der Waals surface area contributed by atoms with E-state index in [0.29, 0.717) is 5.65 Å². The number of rotatable bonds is 2. The zero-order valence-corrected chi connectivity index (χ0v) is 14.6. The number of aromatic nitrogens is 4. The third kappa shape index (κ3) is 2.87. The Hall–Kier alpha value is -2.76. The molecule has 1 amide bonds. The van der Waals surface area contributed by atoms with Gasteiger partial charge in [0.1, 0.15) is 0 Å². The van der Waals surface area contributed by atoms with Crippen LogP contribution in [0.1, 0.15) is 26.6 Å². The topological polar surface area (TPSA) is 63.4 Å². The molecule has 2 aromatic heterocycles. The van der Waals surface area contributed by atoms with E-state index in [9.17, 15) is 4.79 Å². The summed E-state index contributed by atoms with van der Waals surface area (Å²) in [5.41, 5.74) is 2.88. The third-order valence-corrected chi connectivity index (χ3v) is 3.89. The van der Waals surface area contributed by atoms with Gasteiger partial charge in [-0.15, -0.1) is 10.2 Å². The molecular weight excluding hydrogens is 302 g/mol. The Morgan fingerprint density at radius 2 is 1.88 bits per heavy atom. The van der Waals surface area contributed by atoms with Crippen molar-refractivity contribution in [2.24, 2.45) is 5.41 Å². The van der Waals surface area contributed by atoms with Gasteiger partial charge in [-0.05, 0) is 31.2 Å². The van der Waals surface area contributed by atoms with Crippen molar-refractivity contribution in [3.63, 3.8) is 0 Å². The number of carbonyl (C=O) groups excluding carboxylic acids is 1. The van der Waals surface area contributed by atoms with Crippen LogP contribution in [0, 0.1) is 12.3 Å². The first-order valence-corrected chi connectivity index (χ1v) is 7.85. The lowest BCUT2D eigenvalue weighted by molar-refractivity contribution is -0.125. The molecule has 24 heavy (non-hydrogen) atoms. The fourth-order valence-corrected chi connectivity index (χ4v) is 2.54. The van der Waals surface area contributed by atoms with Gasteiger partial charge in [0.2, 0.25) is 5.91 Å². The van der Waals surface area contributed by atoms with E-state index in [1.165, 1.54) is 0 Å². The van der Waals surface area contributed by atoms with Crippen molar-refractivity contribution in [2.45, 2.75) is 27.7 Å². The zero-order valence-electron chi connectivity index (χ0n) is 14.6. The molecule has 0 fully saturated rings. The second-order valence-electron chi connectivity index (χ2n) is 6.90.